The van der Waals surface area contributed by atoms with Gasteiger partial charge in [0, 0.05) is 31.0 Å². The second-order valence-corrected chi connectivity index (χ2v) is 9.01. The number of hydrogen-bond donors (Lipinski definition) is 1. The van der Waals surface area contributed by atoms with Gasteiger partial charge in [-0.1, -0.05) is 54.2 Å². The monoisotopic (exact) mass is 449 g/mol. The summed E-state index contributed by atoms with van der Waals surface area (Å²) in [4.78, 5) is 42.7. The zero-order valence-electron chi connectivity index (χ0n) is 18.0. The highest BCUT2D eigenvalue weighted by atomic mass is 32.2. The first-order valence-corrected chi connectivity index (χ1v) is 11.8. The number of carbonyl (C=O) groups is 3. The van der Waals surface area contributed by atoms with Gasteiger partial charge in [0.05, 0.1) is 10.6 Å². The molecule has 1 saturated heterocycles. The van der Waals surface area contributed by atoms with E-state index in [1.54, 1.807) is 4.90 Å². The van der Waals surface area contributed by atoms with Crippen molar-refractivity contribution in [3.8, 4) is 0 Å². The van der Waals surface area contributed by atoms with Crippen LogP contribution in [0, 0.1) is 0 Å². The molecule has 0 aliphatic carbocycles. The van der Waals surface area contributed by atoms with Crippen LogP contribution in [0.15, 0.2) is 64.4 Å². The summed E-state index contributed by atoms with van der Waals surface area (Å²) >= 11 is 1.43. The largest absolute Gasteiger partial charge is 0.354 e. The number of piperidine rings is 1. The summed E-state index contributed by atoms with van der Waals surface area (Å²) in [6.07, 6.45) is 5.21. The van der Waals surface area contributed by atoms with Crippen LogP contribution in [-0.2, 0) is 14.4 Å². The third-order valence-electron chi connectivity index (χ3n) is 5.58. The van der Waals surface area contributed by atoms with E-state index in [2.05, 4.69) is 5.32 Å². The first-order chi connectivity index (χ1) is 15.6. The van der Waals surface area contributed by atoms with Gasteiger partial charge in [-0.2, -0.15) is 0 Å². The molecule has 166 valence electrons. The van der Waals surface area contributed by atoms with Crippen LogP contribution in [0.3, 0.4) is 0 Å². The summed E-state index contributed by atoms with van der Waals surface area (Å²) in [7, 11) is 0. The van der Waals surface area contributed by atoms with E-state index in [0.717, 1.165) is 35.5 Å². The lowest BCUT2D eigenvalue weighted by molar-refractivity contribution is -0.133. The van der Waals surface area contributed by atoms with Gasteiger partial charge in [0.1, 0.15) is 6.54 Å². The molecule has 0 spiro atoms. The maximum absolute atomic E-state index is 13.2. The van der Waals surface area contributed by atoms with Crippen LogP contribution < -0.4 is 10.2 Å². The van der Waals surface area contributed by atoms with Gasteiger partial charge < -0.3 is 10.2 Å². The molecule has 2 heterocycles. The van der Waals surface area contributed by atoms with Crippen LogP contribution in [0.5, 0.6) is 0 Å². The van der Waals surface area contributed by atoms with Crippen molar-refractivity contribution in [2.75, 3.05) is 31.1 Å². The van der Waals surface area contributed by atoms with E-state index in [-0.39, 0.29) is 24.3 Å². The Morgan fingerprint density at radius 1 is 1.03 bits per heavy atom. The number of rotatable bonds is 7. The third-order valence-corrected chi connectivity index (χ3v) is 6.66. The maximum Gasteiger partial charge on any atom is 0.265 e. The van der Waals surface area contributed by atoms with Gasteiger partial charge >= 0.3 is 0 Å². The number of thioether (sulfide) groups is 1. The molecule has 2 aliphatic rings. The smallest absolute Gasteiger partial charge is 0.265 e. The maximum atomic E-state index is 13.2. The van der Waals surface area contributed by atoms with Crippen molar-refractivity contribution < 1.29 is 14.4 Å². The number of nitrogens with one attached hydrogen (secondary N) is 1. The molecule has 0 saturated carbocycles. The number of anilines is 1. The predicted octanol–water partition coefficient (Wildman–Crippen LogP) is 3.69. The first kappa shape index (κ1) is 22.1. The Labute approximate surface area is 192 Å². The number of carbonyl (C=O) groups excluding carboxylic acids is 3. The first-order valence-electron chi connectivity index (χ1n) is 11.0. The lowest BCUT2D eigenvalue weighted by Gasteiger charge is -2.30. The number of hydrogen-bond acceptors (Lipinski definition) is 4. The summed E-state index contributed by atoms with van der Waals surface area (Å²) in [5, 5.41) is 2.90. The zero-order valence-corrected chi connectivity index (χ0v) is 18.8. The molecule has 0 atom stereocenters. The normalized spacial score (nSPS) is 17.4. The van der Waals surface area contributed by atoms with Gasteiger partial charge in [0.2, 0.25) is 11.8 Å². The van der Waals surface area contributed by atoms with Gasteiger partial charge in [-0.15, -0.1) is 0 Å². The van der Waals surface area contributed by atoms with E-state index in [1.165, 1.54) is 11.8 Å². The number of para-hydroxylation sites is 1. The summed E-state index contributed by atoms with van der Waals surface area (Å²) in [5.74, 6) is -0.177. The van der Waals surface area contributed by atoms with E-state index in [4.69, 9.17) is 0 Å². The van der Waals surface area contributed by atoms with Crippen molar-refractivity contribution in [2.24, 2.45) is 0 Å². The Bertz CT molecular complexity index is 1020. The quantitative estimate of drug-likeness (QED) is 0.517. The minimum Gasteiger partial charge on any atom is -0.354 e. The average Bonchev–Trinajstić information content (AvgIpc) is 2.81. The fourth-order valence-electron chi connectivity index (χ4n) is 3.92. The van der Waals surface area contributed by atoms with Crippen LogP contribution in [0.25, 0.3) is 6.08 Å². The van der Waals surface area contributed by atoms with E-state index in [1.807, 2.05) is 65.6 Å². The van der Waals surface area contributed by atoms with Crippen LogP contribution in [0.2, 0.25) is 0 Å². The molecule has 32 heavy (non-hydrogen) atoms. The zero-order chi connectivity index (χ0) is 22.3. The van der Waals surface area contributed by atoms with Crippen molar-refractivity contribution in [3.63, 3.8) is 0 Å². The van der Waals surface area contributed by atoms with Crippen LogP contribution in [-0.4, -0.2) is 48.8 Å². The van der Waals surface area contributed by atoms with Gasteiger partial charge in [0.15, 0.2) is 0 Å². The minimum atomic E-state index is -0.205. The molecule has 2 aromatic carbocycles. The molecular weight excluding hydrogens is 422 g/mol. The molecule has 0 aromatic heterocycles. The molecule has 1 N–H and O–H groups in total. The molecule has 1 fully saturated rings. The molecule has 3 amide bonds. The van der Waals surface area contributed by atoms with E-state index < -0.39 is 0 Å². The van der Waals surface area contributed by atoms with E-state index in [0.29, 0.717) is 30.8 Å². The molecule has 7 heteroatoms. The Morgan fingerprint density at radius 2 is 1.81 bits per heavy atom. The van der Waals surface area contributed by atoms with Crippen molar-refractivity contribution in [1.82, 2.24) is 10.2 Å². The Hall–Kier alpha value is -3.06. The van der Waals surface area contributed by atoms with Gasteiger partial charge in [-0.3, -0.25) is 19.3 Å². The van der Waals surface area contributed by atoms with Crippen LogP contribution >= 0.6 is 11.8 Å². The minimum absolute atomic E-state index is 0.0365. The van der Waals surface area contributed by atoms with Crippen molar-refractivity contribution >= 4 is 41.2 Å². The summed E-state index contributed by atoms with van der Waals surface area (Å²) in [5.41, 5.74) is 1.70. The van der Waals surface area contributed by atoms with Crippen molar-refractivity contribution in [2.45, 2.75) is 30.6 Å². The van der Waals surface area contributed by atoms with E-state index >= 15 is 0 Å². The number of nitrogens with zero attached hydrogens (tertiary/aromatic N) is 2. The molecule has 2 aromatic rings. The Kier molecular flexibility index (Phi) is 7.27. The predicted molar refractivity (Wildman–Crippen MR) is 127 cm³/mol. The lowest BCUT2D eigenvalue weighted by atomic mass is 10.1. The van der Waals surface area contributed by atoms with Crippen LogP contribution in [0.1, 0.15) is 31.2 Å². The molecule has 2 aliphatic heterocycles. The highest BCUT2D eigenvalue weighted by molar-refractivity contribution is 8.04. The molecule has 0 bridgehead atoms. The van der Waals surface area contributed by atoms with Gasteiger partial charge in [0.25, 0.3) is 5.91 Å². The Balaban J connectivity index is 1.39. The van der Waals surface area contributed by atoms with Gasteiger partial charge in [-0.25, -0.2) is 0 Å². The van der Waals surface area contributed by atoms with Crippen LogP contribution in [0.4, 0.5) is 5.69 Å². The fourth-order valence-corrected chi connectivity index (χ4v) is 4.97. The van der Waals surface area contributed by atoms with Gasteiger partial charge in [-0.05, 0) is 43.0 Å². The highest BCUT2D eigenvalue weighted by Gasteiger charge is 2.30. The number of benzene rings is 2. The lowest BCUT2D eigenvalue weighted by Crippen LogP contribution is -2.43. The summed E-state index contributed by atoms with van der Waals surface area (Å²) in [6.45, 7) is 1.91. The average molecular weight is 450 g/mol. The molecule has 4 rings (SSSR count). The molecule has 0 radical (unpaired) electrons. The third kappa shape index (κ3) is 5.40. The summed E-state index contributed by atoms with van der Waals surface area (Å²) < 4.78 is 0. The number of amides is 3. The Morgan fingerprint density at radius 3 is 2.62 bits per heavy atom. The topological polar surface area (TPSA) is 69.7 Å². The fraction of sp³-hybridized carbons (Fsp3) is 0.320. The molecular formula is C25H27N3O3S. The number of likely N-dealkylation sites (tertiary alicyclic amines) is 1. The standard InChI is InChI=1S/C25H27N3O3S/c29-23(26-14-8-16-27-15-7-6-13-24(27)30)18-28-20-11-4-5-12-21(20)32-22(25(28)31)17-19-9-2-1-3-10-19/h1-5,9-12,17H,6-8,13-16,18H2,(H,26,29). The van der Waals surface area contributed by atoms with Crippen molar-refractivity contribution in [3.05, 3.63) is 65.1 Å². The highest BCUT2D eigenvalue weighted by Crippen LogP contribution is 2.41. The second-order valence-electron chi connectivity index (χ2n) is 7.92. The van der Waals surface area contributed by atoms with E-state index in [9.17, 15) is 14.4 Å². The number of fused-ring (bicyclic) bond motifs is 1. The SMILES string of the molecule is O=C(CN1C(=O)C(=Cc2ccccc2)Sc2ccccc21)NCCCN1CCCCC1=O. The molecule has 6 nitrogen and oxygen atoms in total. The second kappa shape index (κ2) is 10.5. The summed E-state index contributed by atoms with van der Waals surface area (Å²) in [6, 6.07) is 17.3. The molecule has 0 unspecified atom stereocenters. The van der Waals surface area contributed by atoms with Crippen molar-refractivity contribution in [1.29, 1.82) is 0 Å².